The third-order valence-electron chi connectivity index (χ3n) is 5.36. The van der Waals surface area contributed by atoms with Gasteiger partial charge in [0.1, 0.15) is 0 Å². The maximum atomic E-state index is 11.3. The normalized spacial score (nSPS) is 28.7. The summed E-state index contributed by atoms with van der Waals surface area (Å²) in [6.45, 7) is 6.42. The van der Waals surface area contributed by atoms with Crippen LogP contribution < -0.4 is 0 Å². The van der Waals surface area contributed by atoms with Crippen LogP contribution in [0.1, 0.15) is 31.4 Å². The predicted molar refractivity (Wildman–Crippen MR) is 95.3 cm³/mol. The quantitative estimate of drug-likeness (QED) is 0.927. The molecule has 1 N–H and O–H groups in total. The van der Waals surface area contributed by atoms with Gasteiger partial charge in [-0.2, -0.15) is 0 Å². The predicted octanol–water partition coefficient (Wildman–Crippen LogP) is 3.85. The van der Waals surface area contributed by atoms with Gasteiger partial charge in [0.2, 0.25) is 0 Å². The van der Waals surface area contributed by atoms with Crippen molar-refractivity contribution in [2.45, 2.75) is 38.3 Å². The number of aliphatic hydroxyl groups is 1. The average Bonchev–Trinajstić information content (AvgIpc) is 2.59. The van der Waals surface area contributed by atoms with E-state index < -0.39 is 5.60 Å². The molecule has 122 valence electrons. The van der Waals surface area contributed by atoms with Gasteiger partial charge in [-0.15, -0.1) is 0 Å². The Morgan fingerprint density at radius 2 is 1.61 bits per heavy atom. The summed E-state index contributed by atoms with van der Waals surface area (Å²) in [6, 6.07) is 21.2. The molecule has 23 heavy (non-hydrogen) atoms. The minimum atomic E-state index is -0.704. The average molecular weight is 309 g/mol. The zero-order valence-corrected chi connectivity index (χ0v) is 14.2. The van der Waals surface area contributed by atoms with Gasteiger partial charge < -0.3 is 5.11 Å². The number of piperidine rings is 1. The fraction of sp³-hybridized carbons (Fsp3) is 0.429. The van der Waals surface area contributed by atoms with Gasteiger partial charge in [0, 0.05) is 25.0 Å². The second-order valence-electron chi connectivity index (χ2n) is 6.98. The van der Waals surface area contributed by atoms with Crippen molar-refractivity contribution in [3.05, 3.63) is 71.8 Å². The van der Waals surface area contributed by atoms with Gasteiger partial charge in [-0.25, -0.2) is 0 Å². The van der Waals surface area contributed by atoms with E-state index in [0.717, 1.165) is 31.5 Å². The smallest absolute Gasteiger partial charge is 0.0948 e. The van der Waals surface area contributed by atoms with E-state index in [4.69, 9.17) is 0 Å². The molecule has 3 atom stereocenters. The highest BCUT2D eigenvalue weighted by Gasteiger charge is 2.42. The molecule has 1 fully saturated rings. The van der Waals surface area contributed by atoms with Crippen molar-refractivity contribution in [3.8, 4) is 0 Å². The summed E-state index contributed by atoms with van der Waals surface area (Å²) in [5.41, 5.74) is 1.74. The van der Waals surface area contributed by atoms with Gasteiger partial charge in [0.15, 0.2) is 0 Å². The lowest BCUT2D eigenvalue weighted by molar-refractivity contribution is -0.0902. The number of hydrogen-bond acceptors (Lipinski definition) is 2. The highest BCUT2D eigenvalue weighted by Crippen LogP contribution is 2.39. The highest BCUT2D eigenvalue weighted by atomic mass is 16.3. The molecule has 0 bridgehead atoms. The number of benzene rings is 2. The molecule has 0 radical (unpaired) electrons. The van der Waals surface area contributed by atoms with Crippen LogP contribution in [0, 0.1) is 5.92 Å². The Labute approximate surface area is 139 Å². The summed E-state index contributed by atoms with van der Waals surface area (Å²) >= 11 is 0. The third kappa shape index (κ3) is 3.49. The van der Waals surface area contributed by atoms with E-state index in [2.05, 4.69) is 61.2 Å². The number of rotatable bonds is 4. The molecule has 3 unspecified atom stereocenters. The second-order valence-corrected chi connectivity index (χ2v) is 6.98. The summed E-state index contributed by atoms with van der Waals surface area (Å²) in [5, 5.41) is 11.3. The molecular formula is C21H27NO. The molecule has 3 rings (SSSR count). The Morgan fingerprint density at radius 3 is 2.26 bits per heavy atom. The van der Waals surface area contributed by atoms with Gasteiger partial charge in [-0.1, -0.05) is 67.6 Å². The van der Waals surface area contributed by atoms with Crippen LogP contribution >= 0.6 is 0 Å². The summed E-state index contributed by atoms with van der Waals surface area (Å²) in [4.78, 5) is 2.52. The van der Waals surface area contributed by atoms with Crippen LogP contribution in [0.2, 0.25) is 0 Å². The molecule has 1 heterocycles. The van der Waals surface area contributed by atoms with Crippen molar-refractivity contribution >= 4 is 0 Å². The molecule has 1 aliphatic rings. The monoisotopic (exact) mass is 309 g/mol. The lowest BCUT2D eigenvalue weighted by Gasteiger charge is -2.47. The lowest BCUT2D eigenvalue weighted by Crippen LogP contribution is -2.53. The van der Waals surface area contributed by atoms with Crippen LogP contribution in [0.4, 0.5) is 0 Å². The minimum Gasteiger partial charge on any atom is -0.385 e. The molecule has 2 nitrogen and oxygen atoms in total. The van der Waals surface area contributed by atoms with Crippen LogP contribution in [0.5, 0.6) is 0 Å². The first-order valence-corrected chi connectivity index (χ1v) is 8.65. The SMILES string of the molecule is CC1CC(O)(c2ccccc2)C(C)CN1CCc1ccccc1. The van der Waals surface area contributed by atoms with Crippen molar-refractivity contribution in [1.82, 2.24) is 4.90 Å². The second kappa shape index (κ2) is 6.86. The highest BCUT2D eigenvalue weighted by molar-refractivity contribution is 5.24. The molecule has 0 amide bonds. The topological polar surface area (TPSA) is 23.5 Å². The van der Waals surface area contributed by atoms with E-state index in [9.17, 15) is 5.11 Å². The first kappa shape index (κ1) is 16.2. The van der Waals surface area contributed by atoms with Crippen molar-refractivity contribution in [2.24, 2.45) is 5.92 Å². The summed E-state index contributed by atoms with van der Waals surface area (Å²) in [6.07, 6.45) is 1.87. The number of hydrogen-bond donors (Lipinski definition) is 1. The summed E-state index contributed by atoms with van der Waals surface area (Å²) in [5.74, 6) is 0.233. The van der Waals surface area contributed by atoms with E-state index in [1.807, 2.05) is 18.2 Å². The van der Waals surface area contributed by atoms with Gasteiger partial charge in [0.05, 0.1) is 5.60 Å². The Hall–Kier alpha value is -1.64. The van der Waals surface area contributed by atoms with Gasteiger partial charge in [-0.05, 0) is 30.9 Å². The molecule has 0 aromatic heterocycles. The zero-order valence-electron chi connectivity index (χ0n) is 14.2. The van der Waals surface area contributed by atoms with Crippen LogP contribution in [0.15, 0.2) is 60.7 Å². The molecule has 0 spiro atoms. The Balaban J connectivity index is 1.67. The minimum absolute atomic E-state index is 0.233. The van der Waals surface area contributed by atoms with Gasteiger partial charge >= 0.3 is 0 Å². The van der Waals surface area contributed by atoms with Crippen LogP contribution in [-0.4, -0.2) is 29.1 Å². The van der Waals surface area contributed by atoms with Crippen molar-refractivity contribution in [1.29, 1.82) is 0 Å². The van der Waals surface area contributed by atoms with Crippen molar-refractivity contribution < 1.29 is 5.11 Å². The fourth-order valence-corrected chi connectivity index (χ4v) is 3.82. The molecule has 1 saturated heterocycles. The Morgan fingerprint density at radius 1 is 1.00 bits per heavy atom. The third-order valence-corrected chi connectivity index (χ3v) is 5.36. The van der Waals surface area contributed by atoms with Crippen LogP contribution in [-0.2, 0) is 12.0 Å². The number of likely N-dealkylation sites (tertiary alicyclic amines) is 1. The Kier molecular flexibility index (Phi) is 4.84. The first-order chi connectivity index (χ1) is 11.1. The summed E-state index contributed by atoms with van der Waals surface area (Å²) < 4.78 is 0. The van der Waals surface area contributed by atoms with E-state index in [0.29, 0.717) is 6.04 Å². The molecular weight excluding hydrogens is 282 g/mol. The van der Waals surface area contributed by atoms with E-state index in [-0.39, 0.29) is 5.92 Å². The van der Waals surface area contributed by atoms with Gasteiger partial charge in [-0.3, -0.25) is 4.90 Å². The van der Waals surface area contributed by atoms with Crippen molar-refractivity contribution in [3.63, 3.8) is 0 Å². The molecule has 2 heteroatoms. The standard InChI is InChI=1S/C21H27NO/c1-17-16-22(14-13-19-9-5-3-6-10-19)18(2)15-21(17,23)20-11-7-4-8-12-20/h3-12,17-18,23H,13-16H2,1-2H3. The molecule has 0 saturated carbocycles. The number of nitrogens with zero attached hydrogens (tertiary/aromatic N) is 1. The zero-order chi connectivity index (χ0) is 16.3. The van der Waals surface area contributed by atoms with E-state index >= 15 is 0 Å². The van der Waals surface area contributed by atoms with Crippen LogP contribution in [0.25, 0.3) is 0 Å². The van der Waals surface area contributed by atoms with Crippen LogP contribution in [0.3, 0.4) is 0 Å². The van der Waals surface area contributed by atoms with E-state index in [1.54, 1.807) is 0 Å². The molecule has 2 aromatic carbocycles. The molecule has 1 aliphatic heterocycles. The lowest BCUT2D eigenvalue weighted by atomic mass is 9.74. The van der Waals surface area contributed by atoms with Gasteiger partial charge in [0.25, 0.3) is 0 Å². The fourth-order valence-electron chi connectivity index (χ4n) is 3.82. The molecule has 0 aliphatic carbocycles. The maximum Gasteiger partial charge on any atom is 0.0948 e. The van der Waals surface area contributed by atoms with Crippen molar-refractivity contribution in [2.75, 3.05) is 13.1 Å². The maximum absolute atomic E-state index is 11.3. The largest absolute Gasteiger partial charge is 0.385 e. The molecule has 2 aromatic rings. The Bertz CT molecular complexity index is 612. The van der Waals surface area contributed by atoms with E-state index in [1.165, 1.54) is 5.56 Å². The summed E-state index contributed by atoms with van der Waals surface area (Å²) in [7, 11) is 0. The first-order valence-electron chi connectivity index (χ1n) is 8.65.